The number of ketones is 1. The SMILES string of the molecule is CCC1c2ccsc2CCN1CC(=O)c1c[nH]c2ccccc12. The molecule has 0 aliphatic carbocycles. The van der Waals surface area contributed by atoms with Crippen LogP contribution in [0.5, 0.6) is 0 Å². The minimum atomic E-state index is 0.208. The van der Waals surface area contributed by atoms with Gasteiger partial charge < -0.3 is 4.98 Å². The molecule has 0 radical (unpaired) electrons. The summed E-state index contributed by atoms with van der Waals surface area (Å²) in [5.74, 6) is 0.208. The largest absolute Gasteiger partial charge is 0.360 e. The maximum atomic E-state index is 12.8. The first kappa shape index (κ1) is 14.7. The Labute approximate surface area is 139 Å². The molecule has 118 valence electrons. The van der Waals surface area contributed by atoms with Gasteiger partial charge in [-0.1, -0.05) is 25.1 Å². The van der Waals surface area contributed by atoms with Gasteiger partial charge in [-0.3, -0.25) is 9.69 Å². The Bertz CT molecular complexity index is 848. The Hall–Kier alpha value is -1.91. The molecule has 1 N–H and O–H groups in total. The number of nitrogens with zero attached hydrogens (tertiary/aromatic N) is 1. The number of hydrogen-bond donors (Lipinski definition) is 1. The van der Waals surface area contributed by atoms with Crippen LogP contribution >= 0.6 is 11.3 Å². The molecule has 1 aromatic carbocycles. The number of H-pyrrole nitrogens is 1. The molecule has 2 aromatic heterocycles. The Balaban J connectivity index is 1.59. The number of para-hydroxylation sites is 1. The van der Waals surface area contributed by atoms with Crippen molar-refractivity contribution in [2.24, 2.45) is 0 Å². The van der Waals surface area contributed by atoms with Crippen LogP contribution < -0.4 is 0 Å². The highest BCUT2D eigenvalue weighted by Crippen LogP contribution is 2.35. The van der Waals surface area contributed by atoms with Crippen LogP contribution in [-0.4, -0.2) is 28.8 Å². The van der Waals surface area contributed by atoms with E-state index in [4.69, 9.17) is 0 Å². The van der Waals surface area contributed by atoms with E-state index in [1.807, 2.05) is 41.8 Å². The van der Waals surface area contributed by atoms with Crippen LogP contribution in [0.25, 0.3) is 10.9 Å². The summed E-state index contributed by atoms with van der Waals surface area (Å²) in [6.07, 6.45) is 3.96. The number of hydrogen-bond acceptors (Lipinski definition) is 3. The normalized spacial score (nSPS) is 18.2. The summed E-state index contributed by atoms with van der Waals surface area (Å²) in [4.78, 5) is 19.9. The molecule has 4 rings (SSSR count). The number of rotatable bonds is 4. The number of aromatic amines is 1. The van der Waals surface area contributed by atoms with Crippen molar-refractivity contribution in [3.8, 4) is 0 Å². The highest BCUT2D eigenvalue weighted by molar-refractivity contribution is 7.10. The van der Waals surface area contributed by atoms with Gasteiger partial charge in [-0.05, 0) is 35.9 Å². The molecule has 0 saturated carbocycles. The minimum Gasteiger partial charge on any atom is -0.360 e. The average Bonchev–Trinajstić information content (AvgIpc) is 3.21. The van der Waals surface area contributed by atoms with E-state index in [9.17, 15) is 4.79 Å². The van der Waals surface area contributed by atoms with Crippen molar-refractivity contribution >= 4 is 28.0 Å². The third-order valence-corrected chi connectivity index (χ3v) is 5.83. The summed E-state index contributed by atoms with van der Waals surface area (Å²) in [5, 5.41) is 3.21. The summed E-state index contributed by atoms with van der Waals surface area (Å²) in [6, 6.07) is 10.6. The van der Waals surface area contributed by atoms with Gasteiger partial charge in [0.1, 0.15) is 0 Å². The first-order valence-corrected chi connectivity index (χ1v) is 9.05. The molecule has 3 heterocycles. The summed E-state index contributed by atoms with van der Waals surface area (Å²) < 4.78 is 0. The third-order valence-electron chi connectivity index (χ3n) is 4.83. The second kappa shape index (κ2) is 5.95. The maximum Gasteiger partial charge on any atom is 0.178 e. The number of carbonyl (C=O) groups is 1. The number of fused-ring (bicyclic) bond motifs is 2. The lowest BCUT2D eigenvalue weighted by atomic mass is 9.97. The van der Waals surface area contributed by atoms with Gasteiger partial charge in [0.25, 0.3) is 0 Å². The molecule has 0 saturated heterocycles. The number of thiophene rings is 1. The van der Waals surface area contributed by atoms with Gasteiger partial charge in [-0.25, -0.2) is 0 Å². The van der Waals surface area contributed by atoms with Crippen molar-refractivity contribution in [3.05, 3.63) is 57.9 Å². The number of nitrogens with one attached hydrogen (secondary N) is 1. The van der Waals surface area contributed by atoms with Gasteiger partial charge in [0.2, 0.25) is 0 Å². The van der Waals surface area contributed by atoms with Gasteiger partial charge in [0.15, 0.2) is 5.78 Å². The van der Waals surface area contributed by atoms with E-state index in [0.717, 1.165) is 35.9 Å². The van der Waals surface area contributed by atoms with Crippen LogP contribution in [0.3, 0.4) is 0 Å². The van der Waals surface area contributed by atoms with Gasteiger partial charge in [0.05, 0.1) is 6.54 Å². The lowest BCUT2D eigenvalue weighted by molar-refractivity contribution is 0.0880. The smallest absolute Gasteiger partial charge is 0.178 e. The van der Waals surface area contributed by atoms with Crippen LogP contribution in [0.4, 0.5) is 0 Å². The second-order valence-electron chi connectivity index (χ2n) is 6.11. The number of carbonyl (C=O) groups excluding carboxylic acids is 1. The maximum absolute atomic E-state index is 12.8. The standard InChI is InChI=1S/C19H20N2OS/c1-2-17-14-8-10-23-19(14)7-9-21(17)12-18(22)15-11-20-16-6-4-3-5-13(15)16/h3-6,8,10-11,17,20H,2,7,9,12H2,1H3. The van der Waals surface area contributed by atoms with Crippen molar-refractivity contribution < 1.29 is 4.79 Å². The molecule has 0 spiro atoms. The molecule has 3 aromatic rings. The Morgan fingerprint density at radius 3 is 3.09 bits per heavy atom. The average molecular weight is 324 g/mol. The zero-order chi connectivity index (χ0) is 15.8. The Morgan fingerprint density at radius 1 is 1.35 bits per heavy atom. The summed E-state index contributed by atoms with van der Waals surface area (Å²) in [5.41, 5.74) is 3.27. The van der Waals surface area contributed by atoms with Crippen LogP contribution in [0, 0.1) is 0 Å². The van der Waals surface area contributed by atoms with E-state index < -0.39 is 0 Å². The summed E-state index contributed by atoms with van der Waals surface area (Å²) in [7, 11) is 0. The molecule has 1 aliphatic heterocycles. The molecule has 23 heavy (non-hydrogen) atoms. The molecule has 3 nitrogen and oxygen atoms in total. The monoisotopic (exact) mass is 324 g/mol. The zero-order valence-corrected chi connectivity index (χ0v) is 14.0. The second-order valence-corrected chi connectivity index (χ2v) is 7.12. The van der Waals surface area contributed by atoms with E-state index in [1.54, 1.807) is 0 Å². The third kappa shape index (κ3) is 2.52. The molecule has 4 heteroatoms. The molecule has 1 unspecified atom stereocenters. The number of Topliss-reactive ketones (excluding diaryl/α,β-unsaturated/α-hetero) is 1. The Kier molecular flexibility index (Phi) is 3.79. The van der Waals surface area contributed by atoms with Gasteiger partial charge in [-0.15, -0.1) is 11.3 Å². The van der Waals surface area contributed by atoms with E-state index in [0.29, 0.717) is 12.6 Å². The molecule has 1 atom stereocenters. The number of benzene rings is 1. The van der Waals surface area contributed by atoms with E-state index in [-0.39, 0.29) is 5.78 Å². The van der Waals surface area contributed by atoms with Gasteiger partial charge in [-0.2, -0.15) is 0 Å². The van der Waals surface area contributed by atoms with Crippen molar-refractivity contribution in [2.75, 3.05) is 13.1 Å². The van der Waals surface area contributed by atoms with Crippen LogP contribution in [0.2, 0.25) is 0 Å². The highest BCUT2D eigenvalue weighted by Gasteiger charge is 2.28. The van der Waals surface area contributed by atoms with Crippen LogP contribution in [-0.2, 0) is 6.42 Å². The molecule has 0 amide bonds. The molecule has 1 aliphatic rings. The first-order valence-electron chi connectivity index (χ1n) is 8.17. The lowest BCUT2D eigenvalue weighted by Gasteiger charge is -2.34. The van der Waals surface area contributed by atoms with Crippen LogP contribution in [0.1, 0.15) is 40.2 Å². The topological polar surface area (TPSA) is 36.1 Å². The fourth-order valence-electron chi connectivity index (χ4n) is 3.69. The molecular formula is C19H20N2OS. The van der Waals surface area contributed by atoms with E-state index >= 15 is 0 Å². The Morgan fingerprint density at radius 2 is 2.22 bits per heavy atom. The quantitative estimate of drug-likeness (QED) is 0.721. The first-order chi connectivity index (χ1) is 11.3. The van der Waals surface area contributed by atoms with Gasteiger partial charge >= 0.3 is 0 Å². The number of aromatic nitrogens is 1. The van der Waals surface area contributed by atoms with E-state index in [1.165, 1.54) is 10.4 Å². The lowest BCUT2D eigenvalue weighted by Crippen LogP contribution is -2.38. The van der Waals surface area contributed by atoms with Crippen molar-refractivity contribution in [2.45, 2.75) is 25.8 Å². The van der Waals surface area contributed by atoms with Crippen molar-refractivity contribution in [1.82, 2.24) is 9.88 Å². The predicted molar refractivity (Wildman–Crippen MR) is 95.3 cm³/mol. The summed E-state index contributed by atoms with van der Waals surface area (Å²) in [6.45, 7) is 3.68. The summed E-state index contributed by atoms with van der Waals surface area (Å²) >= 11 is 1.85. The fourth-order valence-corrected chi connectivity index (χ4v) is 4.62. The van der Waals surface area contributed by atoms with Crippen molar-refractivity contribution in [3.63, 3.8) is 0 Å². The minimum absolute atomic E-state index is 0.208. The molecule has 0 fully saturated rings. The van der Waals surface area contributed by atoms with Gasteiger partial charge in [0, 0.05) is 40.1 Å². The zero-order valence-electron chi connectivity index (χ0n) is 13.2. The van der Waals surface area contributed by atoms with E-state index in [2.05, 4.69) is 28.3 Å². The molecule has 0 bridgehead atoms. The molecular weight excluding hydrogens is 304 g/mol. The fraction of sp³-hybridized carbons (Fsp3) is 0.316. The van der Waals surface area contributed by atoms with Crippen LogP contribution in [0.15, 0.2) is 41.9 Å². The van der Waals surface area contributed by atoms with Crippen molar-refractivity contribution in [1.29, 1.82) is 0 Å². The highest BCUT2D eigenvalue weighted by atomic mass is 32.1. The predicted octanol–water partition coefficient (Wildman–Crippen LogP) is 4.42.